The number of anilines is 1. The van der Waals surface area contributed by atoms with E-state index in [0.29, 0.717) is 23.7 Å². The van der Waals surface area contributed by atoms with Gasteiger partial charge in [-0.3, -0.25) is 9.59 Å². The van der Waals surface area contributed by atoms with Crippen molar-refractivity contribution in [3.8, 4) is 5.75 Å². The molecule has 0 radical (unpaired) electrons. The van der Waals surface area contributed by atoms with E-state index in [1.165, 1.54) is 0 Å². The first-order valence-corrected chi connectivity index (χ1v) is 7.61. The minimum atomic E-state index is -0.167. The molecule has 0 bridgehead atoms. The quantitative estimate of drug-likeness (QED) is 0.638. The highest BCUT2D eigenvalue weighted by molar-refractivity contribution is 5.91. The molecule has 1 unspecified atom stereocenters. The van der Waals surface area contributed by atoms with Crippen molar-refractivity contribution in [3.63, 3.8) is 0 Å². The van der Waals surface area contributed by atoms with Crippen molar-refractivity contribution in [1.82, 2.24) is 5.32 Å². The lowest BCUT2D eigenvalue weighted by molar-refractivity contribution is -0.862. The Hall–Kier alpha value is -2.80. The lowest BCUT2D eigenvalue weighted by atomic mass is 10.3. The molecule has 7 heteroatoms. The Kier molecular flexibility index (Phi) is 6.39. The van der Waals surface area contributed by atoms with Crippen molar-refractivity contribution in [3.05, 3.63) is 48.4 Å². The summed E-state index contributed by atoms with van der Waals surface area (Å²) in [5.41, 5.74) is 0.662. The zero-order valence-corrected chi connectivity index (χ0v) is 13.8. The van der Waals surface area contributed by atoms with Crippen LogP contribution >= 0.6 is 0 Å². The molecule has 1 atom stereocenters. The van der Waals surface area contributed by atoms with Crippen LogP contribution < -0.4 is 20.3 Å². The zero-order valence-electron chi connectivity index (χ0n) is 13.8. The molecule has 0 spiro atoms. The molecule has 0 aliphatic carbocycles. The van der Waals surface area contributed by atoms with Crippen LogP contribution in [0.15, 0.2) is 47.1 Å². The van der Waals surface area contributed by atoms with E-state index < -0.39 is 0 Å². The van der Waals surface area contributed by atoms with Crippen molar-refractivity contribution < 1.29 is 23.6 Å². The third-order valence-corrected chi connectivity index (χ3v) is 3.32. The molecule has 1 aromatic heterocycles. The third-order valence-electron chi connectivity index (χ3n) is 3.32. The van der Waals surface area contributed by atoms with Crippen LogP contribution in [0.2, 0.25) is 0 Å². The Morgan fingerprint density at radius 2 is 1.96 bits per heavy atom. The highest BCUT2D eigenvalue weighted by Gasteiger charge is 2.14. The van der Waals surface area contributed by atoms with Gasteiger partial charge in [0.1, 0.15) is 11.5 Å². The average molecular weight is 332 g/mol. The first kappa shape index (κ1) is 17.6. The third kappa shape index (κ3) is 5.77. The van der Waals surface area contributed by atoms with E-state index in [0.717, 1.165) is 4.90 Å². The number of hydrogen-bond donors (Lipinski definition) is 3. The van der Waals surface area contributed by atoms with Crippen LogP contribution in [0.1, 0.15) is 5.76 Å². The van der Waals surface area contributed by atoms with Gasteiger partial charge in [-0.05, 0) is 24.3 Å². The van der Waals surface area contributed by atoms with E-state index in [1.807, 2.05) is 0 Å². The predicted octanol–water partition coefficient (Wildman–Crippen LogP) is 0.0578. The van der Waals surface area contributed by atoms with Gasteiger partial charge in [-0.15, -0.1) is 0 Å². The van der Waals surface area contributed by atoms with E-state index in [1.54, 1.807) is 56.8 Å². The summed E-state index contributed by atoms with van der Waals surface area (Å²) in [7, 11) is 3.36. The summed E-state index contributed by atoms with van der Waals surface area (Å²) in [6, 6.07) is 10.7. The number of rotatable bonds is 8. The average Bonchev–Trinajstić information content (AvgIpc) is 3.06. The fraction of sp³-hybridized carbons (Fsp3) is 0.294. The summed E-state index contributed by atoms with van der Waals surface area (Å²) in [5, 5.41) is 5.54. The number of methoxy groups -OCH3 is 1. The van der Waals surface area contributed by atoms with Gasteiger partial charge >= 0.3 is 0 Å². The van der Waals surface area contributed by atoms with Crippen LogP contribution in [0.3, 0.4) is 0 Å². The summed E-state index contributed by atoms with van der Waals surface area (Å²) in [6.45, 7) is 0.729. The maximum atomic E-state index is 12.0. The molecule has 2 amide bonds. The molecule has 0 fully saturated rings. The predicted molar refractivity (Wildman–Crippen MR) is 88.8 cm³/mol. The Labute approximate surface area is 140 Å². The fourth-order valence-corrected chi connectivity index (χ4v) is 2.18. The van der Waals surface area contributed by atoms with Gasteiger partial charge in [0.25, 0.3) is 11.8 Å². The standard InChI is InChI=1S/C17H21N3O4/c1-20(11-16(21)18-10-15-7-4-8-24-15)12-17(22)19-13-5-3-6-14(9-13)23-2/h3-9H,10-12H2,1-2H3,(H,18,21)(H,19,22)/p+1. The van der Waals surface area contributed by atoms with E-state index in [-0.39, 0.29) is 24.9 Å². The summed E-state index contributed by atoms with van der Waals surface area (Å²) in [4.78, 5) is 24.7. The van der Waals surface area contributed by atoms with E-state index in [4.69, 9.17) is 9.15 Å². The highest BCUT2D eigenvalue weighted by atomic mass is 16.5. The molecule has 0 aliphatic rings. The number of hydrogen-bond acceptors (Lipinski definition) is 4. The fourth-order valence-electron chi connectivity index (χ4n) is 2.18. The molecule has 1 heterocycles. The number of ether oxygens (including phenoxy) is 1. The number of benzene rings is 1. The first-order chi connectivity index (χ1) is 11.6. The topological polar surface area (TPSA) is 85.0 Å². The molecule has 1 aromatic carbocycles. The molecular weight excluding hydrogens is 310 g/mol. The lowest BCUT2D eigenvalue weighted by Gasteiger charge is -2.13. The Morgan fingerprint density at radius 1 is 1.17 bits per heavy atom. The minimum absolute atomic E-state index is 0.141. The summed E-state index contributed by atoms with van der Waals surface area (Å²) in [5.74, 6) is 1.06. The molecule has 3 N–H and O–H groups in total. The van der Waals surface area contributed by atoms with Crippen LogP contribution in [-0.2, 0) is 16.1 Å². The second kappa shape index (κ2) is 8.73. The van der Waals surface area contributed by atoms with Gasteiger partial charge in [0.2, 0.25) is 0 Å². The molecule has 7 nitrogen and oxygen atoms in total. The van der Waals surface area contributed by atoms with Crippen molar-refractivity contribution in [2.45, 2.75) is 6.54 Å². The van der Waals surface area contributed by atoms with Gasteiger partial charge in [0.15, 0.2) is 13.1 Å². The number of quaternary nitrogens is 1. The first-order valence-electron chi connectivity index (χ1n) is 7.61. The SMILES string of the molecule is COc1cccc(NC(=O)C[NH+](C)CC(=O)NCc2ccco2)c1. The van der Waals surface area contributed by atoms with E-state index >= 15 is 0 Å². The van der Waals surface area contributed by atoms with Gasteiger partial charge in [0.05, 0.1) is 27.0 Å². The lowest BCUT2D eigenvalue weighted by Crippen LogP contribution is -3.11. The zero-order chi connectivity index (χ0) is 17.4. The van der Waals surface area contributed by atoms with Gasteiger partial charge in [-0.1, -0.05) is 6.07 Å². The van der Waals surface area contributed by atoms with Gasteiger partial charge < -0.3 is 24.7 Å². The van der Waals surface area contributed by atoms with Crippen LogP contribution in [0.5, 0.6) is 5.75 Å². The number of carbonyl (C=O) groups excluding carboxylic acids is 2. The van der Waals surface area contributed by atoms with Crippen LogP contribution in [0.25, 0.3) is 0 Å². The maximum absolute atomic E-state index is 12.0. The van der Waals surface area contributed by atoms with E-state index in [9.17, 15) is 9.59 Å². The van der Waals surface area contributed by atoms with Crippen LogP contribution in [0.4, 0.5) is 5.69 Å². The van der Waals surface area contributed by atoms with Gasteiger partial charge in [0, 0.05) is 11.8 Å². The molecule has 128 valence electrons. The summed E-state index contributed by atoms with van der Waals surface area (Å²) in [6.07, 6.45) is 1.56. The van der Waals surface area contributed by atoms with Crippen LogP contribution in [-0.4, -0.2) is 39.1 Å². The number of furan rings is 1. The number of amides is 2. The number of carbonyl (C=O) groups is 2. The molecule has 2 aromatic rings. The second-order valence-electron chi connectivity index (χ2n) is 5.45. The van der Waals surface area contributed by atoms with Crippen molar-refractivity contribution in [2.75, 3.05) is 32.6 Å². The van der Waals surface area contributed by atoms with Crippen LogP contribution in [0, 0.1) is 0 Å². The Morgan fingerprint density at radius 3 is 2.67 bits per heavy atom. The number of likely N-dealkylation sites (N-methyl/N-ethyl adjacent to an activating group) is 1. The van der Waals surface area contributed by atoms with Crippen molar-refractivity contribution in [2.24, 2.45) is 0 Å². The van der Waals surface area contributed by atoms with Crippen molar-refractivity contribution in [1.29, 1.82) is 0 Å². The molecule has 0 saturated heterocycles. The van der Waals surface area contributed by atoms with Crippen molar-refractivity contribution >= 4 is 17.5 Å². The number of nitrogens with one attached hydrogen (secondary N) is 3. The normalized spacial score (nSPS) is 11.6. The Bertz CT molecular complexity index is 670. The molecular formula is C17H22N3O4+. The monoisotopic (exact) mass is 332 g/mol. The molecule has 2 rings (SSSR count). The second-order valence-corrected chi connectivity index (χ2v) is 5.45. The van der Waals surface area contributed by atoms with Gasteiger partial charge in [-0.2, -0.15) is 0 Å². The maximum Gasteiger partial charge on any atom is 0.279 e. The summed E-state index contributed by atoms with van der Waals surface area (Å²) >= 11 is 0. The Balaban J connectivity index is 1.73. The largest absolute Gasteiger partial charge is 0.497 e. The van der Waals surface area contributed by atoms with Gasteiger partial charge in [-0.25, -0.2) is 0 Å². The molecule has 0 saturated carbocycles. The summed E-state index contributed by atoms with van der Waals surface area (Å²) < 4.78 is 10.3. The minimum Gasteiger partial charge on any atom is -0.497 e. The molecule has 24 heavy (non-hydrogen) atoms. The smallest absolute Gasteiger partial charge is 0.279 e. The molecule has 0 aliphatic heterocycles. The van der Waals surface area contributed by atoms with E-state index in [2.05, 4.69) is 10.6 Å². The highest BCUT2D eigenvalue weighted by Crippen LogP contribution is 2.16.